The van der Waals surface area contributed by atoms with Gasteiger partial charge in [-0.15, -0.1) is 0 Å². The molecule has 1 aliphatic carbocycles. The topological polar surface area (TPSA) is 109 Å². The molecule has 1 saturated carbocycles. The molecule has 0 bridgehead atoms. The van der Waals surface area contributed by atoms with Crippen molar-refractivity contribution in [3.05, 3.63) is 33.1 Å². The van der Waals surface area contributed by atoms with Gasteiger partial charge in [-0.2, -0.15) is 5.26 Å². The van der Waals surface area contributed by atoms with Crippen LogP contribution in [0, 0.1) is 21.4 Å². The highest BCUT2D eigenvalue weighted by Crippen LogP contribution is 2.29. The third kappa shape index (κ3) is 3.28. The van der Waals surface area contributed by atoms with Crippen LogP contribution in [0.25, 0.3) is 0 Å². The van der Waals surface area contributed by atoms with E-state index in [2.05, 4.69) is 16.4 Å². The molecule has 2 rings (SSSR count). The maximum absolute atomic E-state index is 12.3. The first kappa shape index (κ1) is 15.2. The molecule has 21 heavy (non-hydrogen) atoms. The highest BCUT2D eigenvalue weighted by Gasteiger charge is 2.35. The van der Waals surface area contributed by atoms with Gasteiger partial charge >= 0.3 is 0 Å². The van der Waals surface area contributed by atoms with E-state index in [-0.39, 0.29) is 10.7 Å². The lowest BCUT2D eigenvalue weighted by Crippen LogP contribution is -2.48. The van der Waals surface area contributed by atoms with E-state index < -0.39 is 22.1 Å². The average molecular weight is 309 g/mol. The van der Waals surface area contributed by atoms with Crippen LogP contribution in [0.4, 0.5) is 5.69 Å². The number of pyridine rings is 1. The van der Waals surface area contributed by atoms with E-state index >= 15 is 0 Å². The van der Waals surface area contributed by atoms with Gasteiger partial charge in [-0.05, 0) is 18.9 Å². The van der Waals surface area contributed by atoms with Crippen LogP contribution in [0.15, 0.2) is 12.3 Å². The fourth-order valence-electron chi connectivity index (χ4n) is 2.45. The SMILES string of the molecule is N#CC1(NC(=O)c2cc(Cl)ncc2[N+](=O)[O-])CCCCC1. The quantitative estimate of drug-likeness (QED) is 0.524. The van der Waals surface area contributed by atoms with Crippen molar-refractivity contribution in [1.29, 1.82) is 5.26 Å². The Bertz CT molecular complexity index is 620. The van der Waals surface area contributed by atoms with Crippen LogP contribution in [0.5, 0.6) is 0 Å². The van der Waals surface area contributed by atoms with Crippen LogP contribution in [-0.4, -0.2) is 21.4 Å². The number of rotatable bonds is 3. The summed E-state index contributed by atoms with van der Waals surface area (Å²) in [4.78, 5) is 26.2. The number of nitro groups is 1. The van der Waals surface area contributed by atoms with Crippen molar-refractivity contribution in [2.45, 2.75) is 37.6 Å². The van der Waals surface area contributed by atoms with Crippen molar-refractivity contribution >= 4 is 23.2 Å². The number of nitriles is 1. The van der Waals surface area contributed by atoms with E-state index in [1.807, 2.05) is 0 Å². The molecule has 1 aromatic rings. The molecule has 110 valence electrons. The van der Waals surface area contributed by atoms with E-state index in [0.717, 1.165) is 31.5 Å². The van der Waals surface area contributed by atoms with Crippen molar-refractivity contribution in [2.24, 2.45) is 0 Å². The van der Waals surface area contributed by atoms with E-state index in [0.29, 0.717) is 12.8 Å². The molecule has 7 nitrogen and oxygen atoms in total. The second-order valence-corrected chi connectivity index (χ2v) is 5.38. The van der Waals surface area contributed by atoms with E-state index in [9.17, 15) is 20.2 Å². The van der Waals surface area contributed by atoms with E-state index in [4.69, 9.17) is 11.6 Å². The Morgan fingerprint density at radius 2 is 2.14 bits per heavy atom. The van der Waals surface area contributed by atoms with Crippen molar-refractivity contribution in [3.8, 4) is 6.07 Å². The van der Waals surface area contributed by atoms with Crippen molar-refractivity contribution in [1.82, 2.24) is 10.3 Å². The lowest BCUT2D eigenvalue weighted by atomic mass is 9.82. The summed E-state index contributed by atoms with van der Waals surface area (Å²) in [7, 11) is 0. The molecule has 0 atom stereocenters. The zero-order valence-corrected chi connectivity index (χ0v) is 11.9. The zero-order valence-electron chi connectivity index (χ0n) is 11.1. The monoisotopic (exact) mass is 308 g/mol. The number of hydrogen-bond acceptors (Lipinski definition) is 5. The summed E-state index contributed by atoms with van der Waals surface area (Å²) in [6, 6.07) is 3.27. The Morgan fingerprint density at radius 3 is 2.71 bits per heavy atom. The third-order valence-corrected chi connectivity index (χ3v) is 3.77. The molecule has 1 aliphatic rings. The number of nitrogens with zero attached hydrogens (tertiary/aromatic N) is 3. The van der Waals surface area contributed by atoms with Gasteiger partial charge in [0.15, 0.2) is 0 Å². The Labute approximate surface area is 126 Å². The van der Waals surface area contributed by atoms with Crippen LogP contribution >= 0.6 is 11.6 Å². The maximum Gasteiger partial charge on any atom is 0.300 e. The van der Waals surface area contributed by atoms with Crippen LogP contribution < -0.4 is 5.32 Å². The molecule has 0 unspecified atom stereocenters. The second kappa shape index (κ2) is 6.06. The second-order valence-electron chi connectivity index (χ2n) is 4.99. The first-order chi connectivity index (χ1) is 9.97. The molecule has 8 heteroatoms. The highest BCUT2D eigenvalue weighted by atomic mass is 35.5. The summed E-state index contributed by atoms with van der Waals surface area (Å²) in [6.45, 7) is 0. The molecule has 1 fully saturated rings. The minimum absolute atomic E-state index is 0.0135. The summed E-state index contributed by atoms with van der Waals surface area (Å²) < 4.78 is 0. The maximum atomic E-state index is 12.3. The number of hydrogen-bond donors (Lipinski definition) is 1. The molecular weight excluding hydrogens is 296 g/mol. The predicted octanol–water partition coefficient (Wildman–Crippen LogP) is 2.60. The van der Waals surface area contributed by atoms with Gasteiger partial charge in [0.05, 0.1) is 11.0 Å². The summed E-state index contributed by atoms with van der Waals surface area (Å²) >= 11 is 5.70. The molecule has 0 aliphatic heterocycles. The predicted molar refractivity (Wildman–Crippen MR) is 74.8 cm³/mol. The standard InChI is InChI=1S/C13H13ClN4O3/c14-11-6-9(10(7-16-11)18(20)21)12(19)17-13(8-15)4-2-1-3-5-13/h6-7H,1-5H2,(H,17,19). The summed E-state index contributed by atoms with van der Waals surface area (Å²) in [5, 5.41) is 22.9. The van der Waals surface area contributed by atoms with E-state index in [1.165, 1.54) is 0 Å². The van der Waals surface area contributed by atoms with Crippen molar-refractivity contribution in [3.63, 3.8) is 0 Å². The lowest BCUT2D eigenvalue weighted by Gasteiger charge is -2.31. The highest BCUT2D eigenvalue weighted by molar-refractivity contribution is 6.29. The molecule has 0 spiro atoms. The lowest BCUT2D eigenvalue weighted by molar-refractivity contribution is -0.385. The summed E-state index contributed by atoms with van der Waals surface area (Å²) in [5.41, 5.74) is -1.57. The molecule has 0 aromatic carbocycles. The molecule has 1 amide bonds. The van der Waals surface area contributed by atoms with Gasteiger partial charge in [0.25, 0.3) is 11.6 Å². The molecule has 1 N–H and O–H groups in total. The van der Waals surface area contributed by atoms with Crippen molar-refractivity contribution < 1.29 is 9.72 Å². The molecule has 1 aromatic heterocycles. The van der Waals surface area contributed by atoms with Gasteiger partial charge in [-0.25, -0.2) is 4.98 Å². The normalized spacial score (nSPS) is 16.8. The van der Waals surface area contributed by atoms with Gasteiger partial charge in [0.2, 0.25) is 0 Å². The number of nitrogens with one attached hydrogen (secondary N) is 1. The minimum Gasteiger partial charge on any atom is -0.333 e. The number of halogens is 1. The number of carbonyl (C=O) groups is 1. The first-order valence-corrected chi connectivity index (χ1v) is 6.89. The fourth-order valence-corrected chi connectivity index (χ4v) is 2.61. The molecule has 0 radical (unpaired) electrons. The first-order valence-electron chi connectivity index (χ1n) is 6.51. The number of amides is 1. The third-order valence-electron chi connectivity index (χ3n) is 3.56. The average Bonchev–Trinajstić information content (AvgIpc) is 2.47. The Morgan fingerprint density at radius 1 is 1.48 bits per heavy atom. The molecular formula is C13H13ClN4O3. The smallest absolute Gasteiger partial charge is 0.300 e. The van der Waals surface area contributed by atoms with E-state index in [1.54, 1.807) is 0 Å². The van der Waals surface area contributed by atoms with Gasteiger partial charge < -0.3 is 5.32 Å². The number of carbonyl (C=O) groups excluding carboxylic acids is 1. The van der Waals surface area contributed by atoms with Crippen LogP contribution in [0.3, 0.4) is 0 Å². The largest absolute Gasteiger partial charge is 0.333 e. The molecule has 1 heterocycles. The molecule has 0 saturated heterocycles. The number of aromatic nitrogens is 1. The fraction of sp³-hybridized carbons (Fsp3) is 0.462. The van der Waals surface area contributed by atoms with Gasteiger partial charge in [0, 0.05) is 0 Å². The summed E-state index contributed by atoms with van der Waals surface area (Å²) in [5.74, 6) is -0.672. The van der Waals surface area contributed by atoms with Gasteiger partial charge in [0.1, 0.15) is 22.5 Å². The Hall–Kier alpha value is -2.20. The van der Waals surface area contributed by atoms with Crippen LogP contribution in [-0.2, 0) is 0 Å². The summed E-state index contributed by atoms with van der Waals surface area (Å²) in [6.07, 6.45) is 4.72. The zero-order chi connectivity index (χ0) is 15.5. The Balaban J connectivity index is 2.30. The van der Waals surface area contributed by atoms with Crippen molar-refractivity contribution in [2.75, 3.05) is 0 Å². The minimum atomic E-state index is -0.959. The van der Waals surface area contributed by atoms with Crippen LogP contribution in [0.1, 0.15) is 42.5 Å². The Kier molecular flexibility index (Phi) is 4.38. The van der Waals surface area contributed by atoms with Gasteiger partial charge in [-0.3, -0.25) is 14.9 Å². The van der Waals surface area contributed by atoms with Crippen LogP contribution in [0.2, 0.25) is 5.15 Å². The van der Waals surface area contributed by atoms with Gasteiger partial charge in [-0.1, -0.05) is 30.9 Å².